The predicted molar refractivity (Wildman–Crippen MR) is 183 cm³/mol. The molecule has 0 bridgehead atoms. The molecule has 2 rings (SSSR count). The van der Waals surface area contributed by atoms with Crippen molar-refractivity contribution < 1.29 is 88.5 Å². The van der Waals surface area contributed by atoms with E-state index in [0.717, 1.165) is 64.2 Å². The van der Waals surface area contributed by atoms with Crippen molar-refractivity contribution in [3.8, 4) is 11.5 Å². The number of ether oxygens (including phenoxy) is 2. The van der Waals surface area contributed by atoms with Gasteiger partial charge in [-0.05, 0) is 61.4 Å². The van der Waals surface area contributed by atoms with Crippen LogP contribution in [0.15, 0.2) is 58.3 Å². The average molecular weight is 911 g/mol. The summed E-state index contributed by atoms with van der Waals surface area (Å²) in [4.78, 5) is 0.570. The lowest BCUT2D eigenvalue weighted by atomic mass is 10.0. The summed E-state index contributed by atoms with van der Waals surface area (Å²) in [6.45, 7) is 0.751. The standard InChI is InChI=1S/C36H40F18O2S2/c37-29(38,31(41,42)33(45,46)35(49,50)51)19-23-57-27-15-11-25(12-16-27)55-21-9-7-5-3-1-2-4-6-8-10-22-56-26-13-17-28(18-14-26)58-24-20-30(39,40)32(43,44)34(47,48)36(52,53)54/h11-18H,1-10,19-24H2. The fourth-order valence-corrected chi connectivity index (χ4v) is 6.83. The number of alkyl halides is 18. The van der Waals surface area contributed by atoms with E-state index in [1.165, 1.54) is 48.5 Å². The third-order valence-corrected chi connectivity index (χ3v) is 10.5. The highest BCUT2D eigenvalue weighted by atomic mass is 32.2. The molecule has 0 saturated heterocycles. The van der Waals surface area contributed by atoms with Crippen LogP contribution in [0.4, 0.5) is 79.0 Å². The fourth-order valence-electron chi connectivity index (χ4n) is 4.99. The van der Waals surface area contributed by atoms with E-state index >= 15 is 0 Å². The summed E-state index contributed by atoms with van der Waals surface area (Å²) < 4.78 is 245. The molecule has 2 aromatic rings. The van der Waals surface area contributed by atoms with Gasteiger partial charge >= 0.3 is 47.9 Å². The second-order valence-corrected chi connectivity index (χ2v) is 15.4. The maximum Gasteiger partial charge on any atom is 0.460 e. The largest absolute Gasteiger partial charge is 0.494 e. The van der Waals surface area contributed by atoms with Crippen LogP contribution in [0.5, 0.6) is 11.5 Å². The van der Waals surface area contributed by atoms with Gasteiger partial charge in [0.05, 0.1) is 13.2 Å². The van der Waals surface area contributed by atoms with Crippen molar-refractivity contribution >= 4 is 23.5 Å². The smallest absolute Gasteiger partial charge is 0.460 e. The first kappa shape index (κ1) is 51.6. The second-order valence-electron chi connectivity index (χ2n) is 13.1. The maximum absolute atomic E-state index is 13.7. The number of rotatable bonds is 27. The number of hydrogen-bond donors (Lipinski definition) is 0. The van der Waals surface area contributed by atoms with E-state index in [4.69, 9.17) is 9.47 Å². The Balaban J connectivity index is 1.50. The number of halogens is 18. The van der Waals surface area contributed by atoms with Crippen molar-refractivity contribution in [2.24, 2.45) is 0 Å². The van der Waals surface area contributed by atoms with Crippen LogP contribution in [-0.4, -0.2) is 72.6 Å². The third-order valence-electron chi connectivity index (χ3n) is 8.51. The van der Waals surface area contributed by atoms with Gasteiger partial charge in [0, 0.05) is 34.1 Å². The number of benzene rings is 2. The first-order chi connectivity index (χ1) is 26.6. The molecule has 0 heterocycles. The molecule has 0 aliphatic heterocycles. The second kappa shape index (κ2) is 21.3. The molecule has 58 heavy (non-hydrogen) atoms. The molecule has 0 aliphatic carbocycles. The highest BCUT2D eigenvalue weighted by Gasteiger charge is 2.82. The van der Waals surface area contributed by atoms with Crippen LogP contribution in [0.25, 0.3) is 0 Å². The molecule has 0 aliphatic rings. The van der Waals surface area contributed by atoms with Gasteiger partial charge in [-0.15, -0.1) is 23.5 Å². The van der Waals surface area contributed by atoms with Crippen molar-refractivity contribution in [3.05, 3.63) is 48.5 Å². The summed E-state index contributed by atoms with van der Waals surface area (Å²) in [6.07, 6.45) is -8.30. The molecule has 334 valence electrons. The molecule has 2 aromatic carbocycles. The lowest BCUT2D eigenvalue weighted by molar-refractivity contribution is -0.396. The summed E-state index contributed by atoms with van der Waals surface area (Å²) in [5, 5.41) is 0. The van der Waals surface area contributed by atoms with Crippen molar-refractivity contribution in [1.29, 1.82) is 0 Å². The summed E-state index contributed by atoms with van der Waals surface area (Å²) >= 11 is 1.15. The Morgan fingerprint density at radius 2 is 0.603 bits per heavy atom. The van der Waals surface area contributed by atoms with E-state index in [-0.39, 0.29) is 9.79 Å². The van der Waals surface area contributed by atoms with Gasteiger partial charge in [0.25, 0.3) is 0 Å². The Morgan fingerprint density at radius 3 is 0.862 bits per heavy atom. The quantitative estimate of drug-likeness (QED) is 0.0505. The Morgan fingerprint density at radius 1 is 0.345 bits per heavy atom. The summed E-state index contributed by atoms with van der Waals surface area (Å²) in [5.41, 5.74) is 0. The van der Waals surface area contributed by atoms with E-state index in [1.807, 2.05) is 0 Å². The monoisotopic (exact) mass is 910 g/mol. The minimum Gasteiger partial charge on any atom is -0.494 e. The fraction of sp³-hybridized carbons (Fsp3) is 0.667. The highest BCUT2D eigenvalue weighted by molar-refractivity contribution is 7.99. The normalized spacial score (nSPS) is 13.9. The van der Waals surface area contributed by atoms with E-state index < -0.39 is 72.2 Å². The van der Waals surface area contributed by atoms with Gasteiger partial charge in [0.2, 0.25) is 0 Å². The van der Waals surface area contributed by atoms with E-state index in [9.17, 15) is 79.0 Å². The number of unbranched alkanes of at least 4 members (excludes halogenated alkanes) is 9. The van der Waals surface area contributed by atoms with Crippen molar-refractivity contribution in [1.82, 2.24) is 0 Å². The minimum absolute atomic E-state index is 0.285. The zero-order valence-corrected chi connectivity index (χ0v) is 32.0. The van der Waals surface area contributed by atoms with Crippen LogP contribution in [0.1, 0.15) is 77.0 Å². The zero-order chi connectivity index (χ0) is 44.1. The van der Waals surface area contributed by atoms with Crippen LogP contribution in [0.2, 0.25) is 0 Å². The van der Waals surface area contributed by atoms with Gasteiger partial charge in [-0.2, -0.15) is 79.0 Å². The van der Waals surface area contributed by atoms with Crippen LogP contribution < -0.4 is 9.47 Å². The third kappa shape index (κ3) is 14.0. The molecular formula is C36H40F18O2S2. The number of thioether (sulfide) groups is 2. The first-order valence-electron chi connectivity index (χ1n) is 17.7. The van der Waals surface area contributed by atoms with Crippen LogP contribution >= 0.6 is 23.5 Å². The van der Waals surface area contributed by atoms with Gasteiger partial charge in [-0.3, -0.25) is 0 Å². The Labute approximate surface area is 331 Å². The van der Waals surface area contributed by atoms with E-state index in [2.05, 4.69) is 0 Å². The summed E-state index contributed by atoms with van der Waals surface area (Å²) in [7, 11) is 0. The summed E-state index contributed by atoms with van der Waals surface area (Å²) in [6, 6.07) is 11.5. The highest BCUT2D eigenvalue weighted by Crippen LogP contribution is 2.55. The lowest BCUT2D eigenvalue weighted by Gasteiger charge is -2.33. The molecule has 0 radical (unpaired) electrons. The van der Waals surface area contributed by atoms with Gasteiger partial charge in [-0.25, -0.2) is 0 Å². The van der Waals surface area contributed by atoms with Gasteiger partial charge in [0.15, 0.2) is 0 Å². The zero-order valence-electron chi connectivity index (χ0n) is 30.4. The topological polar surface area (TPSA) is 18.5 Å². The molecule has 22 heteroatoms. The molecular weight excluding hydrogens is 870 g/mol. The summed E-state index contributed by atoms with van der Waals surface area (Å²) in [5.74, 6) is -39.1. The molecule has 0 aromatic heterocycles. The molecule has 0 unspecified atom stereocenters. The molecule has 0 spiro atoms. The molecule has 0 N–H and O–H groups in total. The number of hydrogen-bond acceptors (Lipinski definition) is 4. The van der Waals surface area contributed by atoms with E-state index in [1.54, 1.807) is 0 Å². The lowest BCUT2D eigenvalue weighted by Crippen LogP contribution is -2.60. The maximum atomic E-state index is 13.7. The average Bonchev–Trinajstić information content (AvgIpc) is 3.11. The van der Waals surface area contributed by atoms with Crippen molar-refractivity contribution in [2.45, 2.75) is 135 Å². The van der Waals surface area contributed by atoms with Crippen molar-refractivity contribution in [3.63, 3.8) is 0 Å². The molecule has 0 saturated carbocycles. The van der Waals surface area contributed by atoms with E-state index in [0.29, 0.717) is 48.2 Å². The van der Waals surface area contributed by atoms with Gasteiger partial charge in [-0.1, -0.05) is 51.4 Å². The predicted octanol–water partition coefficient (Wildman–Crippen LogP) is 14.9. The molecule has 2 nitrogen and oxygen atoms in total. The molecule has 0 fully saturated rings. The van der Waals surface area contributed by atoms with Gasteiger partial charge in [0.1, 0.15) is 11.5 Å². The molecule has 0 atom stereocenters. The first-order valence-corrected chi connectivity index (χ1v) is 19.7. The van der Waals surface area contributed by atoms with Crippen molar-refractivity contribution in [2.75, 3.05) is 24.7 Å². The van der Waals surface area contributed by atoms with Crippen LogP contribution in [0, 0.1) is 0 Å². The SMILES string of the molecule is FC(F)(F)C(F)(F)C(F)(F)C(F)(F)CCSc1ccc(OCCCCCCCCCCCCOc2ccc(SCCC(F)(F)C(F)(F)C(F)(F)C(F)(F)F)cc2)cc1. The minimum atomic E-state index is -6.91. The van der Waals surface area contributed by atoms with Gasteiger partial charge < -0.3 is 9.47 Å². The Bertz CT molecular complexity index is 1370. The van der Waals surface area contributed by atoms with Crippen LogP contribution in [-0.2, 0) is 0 Å². The molecule has 0 amide bonds. The Kier molecular flexibility index (Phi) is 19.0. The Hall–Kier alpha value is -2.52. The van der Waals surface area contributed by atoms with Crippen LogP contribution in [0.3, 0.4) is 0 Å².